The highest BCUT2D eigenvalue weighted by atomic mass is 19.4. The van der Waals surface area contributed by atoms with Crippen LogP contribution in [-0.2, 0) is 14.3 Å². The lowest BCUT2D eigenvalue weighted by Gasteiger charge is -2.17. The van der Waals surface area contributed by atoms with Crippen molar-refractivity contribution >= 4 is 5.91 Å². The number of halogens is 3. The summed E-state index contributed by atoms with van der Waals surface area (Å²) in [6, 6.07) is 0. The standard InChI is InChI=1S/C10H16F3NO3/c1-16-4-5-17-7-9(15)14-3-2-8(6-14)10(11,12)13/h8H,2-7H2,1H3. The summed E-state index contributed by atoms with van der Waals surface area (Å²) in [7, 11) is 1.50. The first-order chi connectivity index (χ1) is 7.95. The summed E-state index contributed by atoms with van der Waals surface area (Å²) in [5.41, 5.74) is 0. The van der Waals surface area contributed by atoms with Gasteiger partial charge in [-0.1, -0.05) is 0 Å². The SMILES string of the molecule is COCCOCC(=O)N1CCC(C(F)(F)F)C1. The van der Waals surface area contributed by atoms with Crippen LogP contribution in [0.2, 0.25) is 0 Å². The number of carbonyl (C=O) groups is 1. The number of ether oxygens (including phenoxy) is 2. The van der Waals surface area contributed by atoms with E-state index < -0.39 is 18.0 Å². The number of methoxy groups -OCH3 is 1. The van der Waals surface area contributed by atoms with E-state index in [-0.39, 0.29) is 32.7 Å². The third-order valence-corrected chi connectivity index (χ3v) is 2.66. The molecule has 0 bridgehead atoms. The highest BCUT2D eigenvalue weighted by molar-refractivity contribution is 5.77. The van der Waals surface area contributed by atoms with Crippen LogP contribution in [-0.4, -0.2) is 57.0 Å². The number of nitrogens with zero attached hydrogens (tertiary/aromatic N) is 1. The van der Waals surface area contributed by atoms with Gasteiger partial charge in [0.05, 0.1) is 19.1 Å². The van der Waals surface area contributed by atoms with Gasteiger partial charge in [0.2, 0.25) is 5.91 Å². The zero-order valence-electron chi connectivity index (χ0n) is 9.63. The monoisotopic (exact) mass is 255 g/mol. The second-order valence-corrected chi connectivity index (χ2v) is 3.91. The maximum Gasteiger partial charge on any atom is 0.393 e. The molecule has 7 heteroatoms. The summed E-state index contributed by atoms with van der Waals surface area (Å²) < 4.78 is 46.8. The van der Waals surface area contributed by atoms with Crippen molar-refractivity contribution in [3.8, 4) is 0 Å². The fourth-order valence-corrected chi connectivity index (χ4v) is 1.65. The van der Waals surface area contributed by atoms with Crippen molar-refractivity contribution in [2.75, 3.05) is 40.0 Å². The summed E-state index contributed by atoms with van der Waals surface area (Å²) in [5, 5.41) is 0. The van der Waals surface area contributed by atoms with Gasteiger partial charge in [0.25, 0.3) is 0 Å². The number of rotatable bonds is 5. The molecule has 1 amide bonds. The fraction of sp³-hybridized carbons (Fsp3) is 0.900. The van der Waals surface area contributed by atoms with E-state index in [0.29, 0.717) is 6.61 Å². The lowest BCUT2D eigenvalue weighted by atomic mass is 10.1. The molecule has 1 fully saturated rings. The van der Waals surface area contributed by atoms with Gasteiger partial charge < -0.3 is 14.4 Å². The van der Waals surface area contributed by atoms with Gasteiger partial charge in [-0.2, -0.15) is 13.2 Å². The molecule has 0 saturated carbocycles. The molecule has 100 valence electrons. The molecule has 1 saturated heterocycles. The molecule has 1 atom stereocenters. The van der Waals surface area contributed by atoms with E-state index in [1.54, 1.807) is 0 Å². The lowest BCUT2D eigenvalue weighted by molar-refractivity contribution is -0.171. The third-order valence-electron chi connectivity index (χ3n) is 2.66. The minimum Gasteiger partial charge on any atom is -0.382 e. The Morgan fingerprint density at radius 1 is 1.41 bits per heavy atom. The maximum absolute atomic E-state index is 12.4. The number of hydrogen-bond donors (Lipinski definition) is 0. The first-order valence-electron chi connectivity index (χ1n) is 5.36. The number of hydrogen-bond acceptors (Lipinski definition) is 3. The Morgan fingerprint density at radius 3 is 2.65 bits per heavy atom. The molecule has 0 aromatic rings. The highest BCUT2D eigenvalue weighted by Crippen LogP contribution is 2.33. The van der Waals surface area contributed by atoms with Gasteiger partial charge in [0.1, 0.15) is 6.61 Å². The van der Waals surface area contributed by atoms with E-state index in [1.165, 1.54) is 12.0 Å². The van der Waals surface area contributed by atoms with Gasteiger partial charge in [0, 0.05) is 20.2 Å². The second kappa shape index (κ2) is 6.20. The minimum atomic E-state index is -4.22. The average Bonchev–Trinajstić information content (AvgIpc) is 2.72. The largest absolute Gasteiger partial charge is 0.393 e. The molecule has 0 aromatic heterocycles. The smallest absolute Gasteiger partial charge is 0.382 e. The molecule has 0 aliphatic carbocycles. The van der Waals surface area contributed by atoms with E-state index in [9.17, 15) is 18.0 Å². The molecular formula is C10H16F3NO3. The second-order valence-electron chi connectivity index (χ2n) is 3.91. The Hall–Kier alpha value is -0.820. The van der Waals surface area contributed by atoms with Gasteiger partial charge in [-0.25, -0.2) is 0 Å². The van der Waals surface area contributed by atoms with E-state index in [4.69, 9.17) is 9.47 Å². The molecular weight excluding hydrogens is 239 g/mol. The maximum atomic E-state index is 12.4. The van der Waals surface area contributed by atoms with Gasteiger partial charge in [-0.05, 0) is 6.42 Å². The number of likely N-dealkylation sites (tertiary alicyclic amines) is 1. The Balaban J connectivity index is 2.26. The van der Waals surface area contributed by atoms with Crippen LogP contribution in [0.4, 0.5) is 13.2 Å². The topological polar surface area (TPSA) is 38.8 Å². The van der Waals surface area contributed by atoms with Crippen LogP contribution in [0.1, 0.15) is 6.42 Å². The minimum absolute atomic E-state index is 0.0205. The zero-order chi connectivity index (χ0) is 12.9. The molecule has 1 aliphatic rings. The molecule has 1 unspecified atom stereocenters. The van der Waals surface area contributed by atoms with Crippen molar-refractivity contribution < 1.29 is 27.4 Å². The van der Waals surface area contributed by atoms with Crippen LogP contribution in [0.3, 0.4) is 0 Å². The Bertz CT molecular complexity index is 258. The van der Waals surface area contributed by atoms with Crippen molar-refractivity contribution in [3.63, 3.8) is 0 Å². The summed E-state index contributed by atoms with van der Waals surface area (Å²) in [4.78, 5) is 12.7. The van der Waals surface area contributed by atoms with Crippen LogP contribution >= 0.6 is 0 Å². The zero-order valence-corrected chi connectivity index (χ0v) is 9.63. The normalized spacial score (nSPS) is 20.9. The first kappa shape index (κ1) is 14.2. The molecule has 4 nitrogen and oxygen atoms in total. The summed E-state index contributed by atoms with van der Waals surface area (Å²) in [5.74, 6) is -1.79. The van der Waals surface area contributed by atoms with Crippen LogP contribution < -0.4 is 0 Å². The van der Waals surface area contributed by atoms with Crippen LogP contribution in [0.5, 0.6) is 0 Å². The lowest BCUT2D eigenvalue weighted by Crippen LogP contribution is -2.34. The van der Waals surface area contributed by atoms with E-state index >= 15 is 0 Å². The molecule has 17 heavy (non-hydrogen) atoms. The van der Waals surface area contributed by atoms with Crippen LogP contribution in [0.15, 0.2) is 0 Å². The van der Waals surface area contributed by atoms with Crippen LogP contribution in [0.25, 0.3) is 0 Å². The van der Waals surface area contributed by atoms with Crippen LogP contribution in [0, 0.1) is 5.92 Å². The number of alkyl halides is 3. The summed E-state index contributed by atoms with van der Waals surface area (Å²) in [6.07, 6.45) is -4.24. The Morgan fingerprint density at radius 2 is 2.12 bits per heavy atom. The summed E-state index contributed by atoms with van der Waals surface area (Å²) >= 11 is 0. The molecule has 0 spiro atoms. The first-order valence-corrected chi connectivity index (χ1v) is 5.36. The predicted molar refractivity (Wildman–Crippen MR) is 53.4 cm³/mol. The average molecular weight is 255 g/mol. The predicted octanol–water partition coefficient (Wildman–Crippen LogP) is 1.06. The van der Waals surface area contributed by atoms with Crippen molar-refractivity contribution in [2.45, 2.75) is 12.6 Å². The molecule has 0 N–H and O–H groups in total. The Labute approximate surface area is 97.7 Å². The third kappa shape index (κ3) is 4.51. The quantitative estimate of drug-likeness (QED) is 0.689. The molecule has 1 aliphatic heterocycles. The molecule has 0 radical (unpaired) electrons. The summed E-state index contributed by atoms with van der Waals surface area (Å²) in [6.45, 7) is 0.331. The molecule has 1 rings (SSSR count). The molecule has 0 aromatic carbocycles. The van der Waals surface area contributed by atoms with E-state index in [2.05, 4.69) is 0 Å². The van der Waals surface area contributed by atoms with Gasteiger partial charge in [0.15, 0.2) is 0 Å². The number of carbonyl (C=O) groups excluding carboxylic acids is 1. The Kier molecular flexibility index (Phi) is 5.20. The highest BCUT2D eigenvalue weighted by Gasteiger charge is 2.44. The van der Waals surface area contributed by atoms with E-state index in [0.717, 1.165) is 0 Å². The van der Waals surface area contributed by atoms with Gasteiger partial charge in [-0.15, -0.1) is 0 Å². The van der Waals surface area contributed by atoms with Crippen molar-refractivity contribution in [1.29, 1.82) is 0 Å². The van der Waals surface area contributed by atoms with Crippen molar-refractivity contribution in [2.24, 2.45) is 5.92 Å². The van der Waals surface area contributed by atoms with Crippen molar-refractivity contribution in [3.05, 3.63) is 0 Å². The van der Waals surface area contributed by atoms with Gasteiger partial charge in [-0.3, -0.25) is 4.79 Å². The van der Waals surface area contributed by atoms with E-state index in [1.807, 2.05) is 0 Å². The van der Waals surface area contributed by atoms with Gasteiger partial charge >= 0.3 is 6.18 Å². The molecule has 1 heterocycles. The van der Waals surface area contributed by atoms with Crippen molar-refractivity contribution in [1.82, 2.24) is 4.90 Å². The fourth-order valence-electron chi connectivity index (χ4n) is 1.65. The number of amides is 1.